The van der Waals surface area contributed by atoms with Crippen molar-refractivity contribution in [1.82, 2.24) is 20.1 Å². The number of rotatable bonds is 9. The summed E-state index contributed by atoms with van der Waals surface area (Å²) in [6.45, 7) is 16.5. The van der Waals surface area contributed by atoms with Crippen LogP contribution in [0.15, 0.2) is 73.1 Å². The number of aldehydes is 1. The Morgan fingerprint density at radius 1 is 0.959 bits per heavy atom. The van der Waals surface area contributed by atoms with E-state index in [4.69, 9.17) is 12.2 Å². The number of carbonyl (C=O) groups excluding carboxylic acids is 2. The van der Waals surface area contributed by atoms with Gasteiger partial charge in [0.15, 0.2) is 5.11 Å². The lowest BCUT2D eigenvalue weighted by atomic mass is 10.0. The molecule has 0 unspecified atom stereocenters. The fourth-order valence-electron chi connectivity index (χ4n) is 4.44. The number of amides is 1. The monoisotopic (exact) mass is 701 g/mol. The number of hydrogen-bond donors (Lipinski definition) is 4. The zero-order valence-electron chi connectivity index (χ0n) is 29.4. The summed E-state index contributed by atoms with van der Waals surface area (Å²) in [6, 6.07) is 15.0. The molecule has 0 saturated carbocycles. The number of carbonyl (C=O) groups is 2. The van der Waals surface area contributed by atoms with Crippen LogP contribution in [-0.4, -0.2) is 71.9 Å². The van der Waals surface area contributed by atoms with Crippen LogP contribution < -0.4 is 21.3 Å². The van der Waals surface area contributed by atoms with Crippen molar-refractivity contribution in [2.75, 3.05) is 55.7 Å². The summed E-state index contributed by atoms with van der Waals surface area (Å²) in [4.78, 5) is 31.0. The Labute approximate surface area is 294 Å². The van der Waals surface area contributed by atoms with E-state index in [9.17, 15) is 22.8 Å². The van der Waals surface area contributed by atoms with Crippen molar-refractivity contribution in [3.63, 3.8) is 0 Å². The van der Waals surface area contributed by atoms with Gasteiger partial charge in [0.2, 0.25) is 5.91 Å². The molecule has 1 aliphatic heterocycles. The van der Waals surface area contributed by atoms with Crippen molar-refractivity contribution < 1.29 is 22.8 Å². The summed E-state index contributed by atoms with van der Waals surface area (Å²) in [5.74, 6) is 0.381. The molecular weight excluding hydrogens is 652 g/mol. The highest BCUT2D eigenvalue weighted by Crippen LogP contribution is 2.33. The molecule has 1 saturated heterocycles. The molecule has 1 aliphatic rings. The Hall–Kier alpha value is -4.33. The summed E-state index contributed by atoms with van der Waals surface area (Å²) >= 11 is 5.12. The second-order valence-corrected chi connectivity index (χ2v) is 10.6. The van der Waals surface area contributed by atoms with Gasteiger partial charge in [-0.1, -0.05) is 58.9 Å². The van der Waals surface area contributed by atoms with Gasteiger partial charge < -0.3 is 26.2 Å². The average Bonchev–Trinajstić information content (AvgIpc) is 3.11. The van der Waals surface area contributed by atoms with E-state index >= 15 is 0 Å². The number of piperazine rings is 1. The highest BCUT2D eigenvalue weighted by molar-refractivity contribution is 7.80. The fraction of sp³-hybridized carbons (Fsp3) is 0.389. The van der Waals surface area contributed by atoms with E-state index in [0.29, 0.717) is 17.2 Å². The highest BCUT2D eigenvalue weighted by atomic mass is 32.1. The molecule has 49 heavy (non-hydrogen) atoms. The number of likely N-dealkylation sites (N-methyl/N-ethyl adjacent to an activating group) is 1. The molecule has 0 spiro atoms. The van der Waals surface area contributed by atoms with E-state index in [2.05, 4.69) is 38.1 Å². The number of halogens is 3. The molecule has 268 valence electrons. The van der Waals surface area contributed by atoms with E-state index < -0.39 is 11.7 Å². The van der Waals surface area contributed by atoms with Crippen LogP contribution in [0.3, 0.4) is 0 Å². The van der Waals surface area contributed by atoms with Gasteiger partial charge >= 0.3 is 6.18 Å². The Kier molecular flexibility index (Phi) is 20.1. The minimum atomic E-state index is -4.43. The molecule has 3 aromatic rings. The first kappa shape index (κ1) is 42.7. The Bertz CT molecular complexity index is 1460. The van der Waals surface area contributed by atoms with E-state index in [1.54, 1.807) is 12.3 Å². The summed E-state index contributed by atoms with van der Waals surface area (Å²) in [5, 5.41) is 11.9. The number of thiocarbonyl (C=S) groups is 1. The van der Waals surface area contributed by atoms with Crippen LogP contribution in [0.25, 0.3) is 0 Å². The van der Waals surface area contributed by atoms with E-state index in [1.807, 2.05) is 76.9 Å². The number of nitrogens with zero attached hydrogens (tertiary/aromatic N) is 3. The van der Waals surface area contributed by atoms with Gasteiger partial charge in [-0.2, -0.15) is 13.2 Å². The van der Waals surface area contributed by atoms with Gasteiger partial charge in [-0.15, -0.1) is 0 Å². The molecule has 0 atom stereocenters. The molecular formula is C36H50F3N7O2S. The van der Waals surface area contributed by atoms with E-state index in [1.165, 1.54) is 24.4 Å². The number of hydrogen-bond acceptors (Lipinski definition) is 7. The third-order valence-corrected chi connectivity index (χ3v) is 7.24. The average molecular weight is 702 g/mol. The number of aryl methyl sites for hydroxylation is 1. The van der Waals surface area contributed by atoms with Gasteiger partial charge in [0.05, 0.1) is 5.56 Å². The number of pyridine rings is 1. The summed E-state index contributed by atoms with van der Waals surface area (Å²) in [6.07, 6.45) is 0.525. The second-order valence-electron chi connectivity index (χ2n) is 10.2. The highest BCUT2D eigenvalue weighted by Gasteiger charge is 2.34. The van der Waals surface area contributed by atoms with Crippen molar-refractivity contribution in [1.29, 1.82) is 0 Å². The molecule has 13 heteroatoms. The van der Waals surface area contributed by atoms with Crippen molar-refractivity contribution in [2.24, 2.45) is 0 Å². The lowest BCUT2D eigenvalue weighted by Gasteiger charge is -2.34. The van der Waals surface area contributed by atoms with Crippen LogP contribution in [0.5, 0.6) is 0 Å². The Morgan fingerprint density at radius 2 is 1.63 bits per heavy atom. The van der Waals surface area contributed by atoms with Gasteiger partial charge in [-0.05, 0) is 67.1 Å². The third-order valence-electron chi connectivity index (χ3n) is 7.02. The Balaban J connectivity index is 0.000000448. The standard InChI is InChI=1S/C17H19N5OS.C15H19F3N2O.2C2H6/c1-12-6-7-13(18-2)11-14(12)21-16(23)8-10-20-17(24)22-15-5-3-4-9-19-15;1-2-19-5-7-20(8-6-19)10-13-4-3-12(11-21)9-14(13)15(16,17)18;2*1-2/h3-11,18H,1-2H3,(H,21,23)(H2,19,20,22,24);3-4,9,11H,2,5-8,10H2,1H3;2*1-2H3/b10-8+;;;. The van der Waals surface area contributed by atoms with Crippen molar-refractivity contribution in [3.8, 4) is 0 Å². The van der Waals surface area contributed by atoms with Crippen LogP contribution in [0.1, 0.15) is 61.7 Å². The van der Waals surface area contributed by atoms with Gasteiger partial charge in [0, 0.05) is 75.2 Å². The predicted molar refractivity (Wildman–Crippen MR) is 199 cm³/mol. The van der Waals surface area contributed by atoms with E-state index in [0.717, 1.165) is 55.7 Å². The van der Waals surface area contributed by atoms with E-state index in [-0.39, 0.29) is 23.6 Å². The molecule has 0 aliphatic carbocycles. The first-order valence-electron chi connectivity index (χ1n) is 16.4. The molecule has 0 radical (unpaired) electrons. The molecule has 9 nitrogen and oxygen atoms in total. The minimum Gasteiger partial charge on any atom is -0.388 e. The normalized spacial score (nSPS) is 12.9. The van der Waals surface area contributed by atoms with Crippen LogP contribution in [0.2, 0.25) is 0 Å². The molecule has 2 heterocycles. The molecule has 1 amide bonds. The second kappa shape index (κ2) is 23.1. The number of nitrogens with one attached hydrogen (secondary N) is 4. The first-order chi connectivity index (χ1) is 23.5. The number of benzene rings is 2. The predicted octanol–water partition coefficient (Wildman–Crippen LogP) is 7.58. The van der Waals surface area contributed by atoms with Crippen LogP contribution in [0, 0.1) is 6.92 Å². The summed E-state index contributed by atoms with van der Waals surface area (Å²) in [5.41, 5.74) is 2.26. The van der Waals surface area contributed by atoms with Crippen molar-refractivity contribution in [2.45, 2.75) is 54.3 Å². The van der Waals surface area contributed by atoms with Crippen molar-refractivity contribution >= 4 is 46.7 Å². The van der Waals surface area contributed by atoms with Crippen LogP contribution in [0.4, 0.5) is 30.4 Å². The van der Waals surface area contributed by atoms with Crippen molar-refractivity contribution in [3.05, 3.63) is 95.3 Å². The first-order valence-corrected chi connectivity index (χ1v) is 16.8. The number of alkyl halides is 3. The lowest BCUT2D eigenvalue weighted by molar-refractivity contribution is -0.138. The SMILES string of the molecule is CC.CC.CCN1CCN(Cc2ccc(C=O)cc2C(F)(F)F)CC1.CNc1ccc(C)c(NC(=O)/C=C/NC(=S)Nc2ccccn2)c1. The fourth-order valence-corrected chi connectivity index (χ4v) is 4.62. The van der Waals surface area contributed by atoms with Crippen LogP contribution in [-0.2, 0) is 17.5 Å². The third kappa shape index (κ3) is 15.6. The summed E-state index contributed by atoms with van der Waals surface area (Å²) < 4.78 is 39.3. The van der Waals surface area contributed by atoms with Gasteiger partial charge in [0.1, 0.15) is 12.1 Å². The zero-order chi connectivity index (χ0) is 36.8. The lowest BCUT2D eigenvalue weighted by Crippen LogP contribution is -2.45. The maximum Gasteiger partial charge on any atom is 0.416 e. The topological polar surface area (TPSA) is 102 Å². The Morgan fingerprint density at radius 3 is 2.20 bits per heavy atom. The van der Waals surface area contributed by atoms with Gasteiger partial charge in [-0.25, -0.2) is 4.98 Å². The number of aromatic nitrogens is 1. The zero-order valence-corrected chi connectivity index (χ0v) is 30.3. The van der Waals surface area contributed by atoms with Gasteiger partial charge in [-0.3, -0.25) is 14.5 Å². The van der Waals surface area contributed by atoms with Crippen LogP contribution >= 0.6 is 12.2 Å². The maximum atomic E-state index is 13.1. The molecule has 0 bridgehead atoms. The quantitative estimate of drug-likeness (QED) is 0.102. The molecule has 2 aromatic carbocycles. The smallest absolute Gasteiger partial charge is 0.388 e. The molecule has 1 fully saturated rings. The molecule has 4 N–H and O–H groups in total. The van der Waals surface area contributed by atoms with Gasteiger partial charge in [0.25, 0.3) is 0 Å². The molecule has 4 rings (SSSR count). The maximum absolute atomic E-state index is 13.1. The largest absolute Gasteiger partial charge is 0.416 e. The number of anilines is 3. The minimum absolute atomic E-state index is 0.0573. The molecule has 1 aromatic heterocycles. The summed E-state index contributed by atoms with van der Waals surface area (Å²) in [7, 11) is 1.83.